The highest BCUT2D eigenvalue weighted by Crippen LogP contribution is 2.15. The first-order chi connectivity index (χ1) is 7.09. The van der Waals surface area contributed by atoms with Crippen LogP contribution in [0.5, 0.6) is 0 Å². The zero-order valence-electron chi connectivity index (χ0n) is 9.21. The second-order valence-electron chi connectivity index (χ2n) is 3.54. The Hall–Kier alpha value is -1.29. The molecule has 3 N–H and O–H groups in total. The second kappa shape index (κ2) is 5.56. The summed E-state index contributed by atoms with van der Waals surface area (Å²) >= 11 is 1.71. The molecule has 0 amide bonds. The first kappa shape index (κ1) is 11.8. The van der Waals surface area contributed by atoms with E-state index in [9.17, 15) is 0 Å². The van der Waals surface area contributed by atoms with Gasteiger partial charge in [-0.15, -0.1) is 11.3 Å². The van der Waals surface area contributed by atoms with Crippen molar-refractivity contribution in [2.75, 3.05) is 6.54 Å². The summed E-state index contributed by atoms with van der Waals surface area (Å²) in [5.74, 6) is 0.478. The second-order valence-corrected chi connectivity index (χ2v) is 4.54. The Morgan fingerprint density at radius 3 is 2.93 bits per heavy atom. The Labute approximate surface area is 94.7 Å². The van der Waals surface area contributed by atoms with Crippen LogP contribution in [-0.4, -0.2) is 12.5 Å². The number of aliphatic imine (C=N–C) groups is 1. The molecule has 0 saturated heterocycles. The fourth-order valence-electron chi connectivity index (χ4n) is 1.02. The van der Waals surface area contributed by atoms with Crippen molar-refractivity contribution < 1.29 is 0 Å². The van der Waals surface area contributed by atoms with Crippen LogP contribution >= 0.6 is 11.3 Å². The number of hydrogen-bond donors (Lipinski definition) is 2. The average Bonchev–Trinajstić information content (AvgIpc) is 2.58. The highest BCUT2D eigenvalue weighted by molar-refractivity contribution is 7.10. The molecule has 1 aromatic heterocycles. The molecule has 0 radical (unpaired) electrons. The summed E-state index contributed by atoms with van der Waals surface area (Å²) in [6, 6.07) is 2.09. The van der Waals surface area contributed by atoms with Gasteiger partial charge in [-0.3, -0.25) is 0 Å². The molecule has 0 aliphatic rings. The van der Waals surface area contributed by atoms with Gasteiger partial charge in [-0.2, -0.15) is 0 Å². The molecule has 0 aliphatic heterocycles. The first-order valence-electron chi connectivity index (χ1n) is 4.80. The maximum absolute atomic E-state index is 5.69. The van der Waals surface area contributed by atoms with E-state index in [-0.39, 0.29) is 0 Å². The normalized spacial score (nSPS) is 11.5. The van der Waals surface area contributed by atoms with E-state index in [1.165, 1.54) is 10.4 Å². The number of aryl methyl sites for hydroxylation is 1. The Morgan fingerprint density at radius 1 is 1.67 bits per heavy atom. The van der Waals surface area contributed by atoms with E-state index in [1.54, 1.807) is 11.3 Å². The minimum absolute atomic E-state index is 0.478. The zero-order chi connectivity index (χ0) is 11.3. The van der Waals surface area contributed by atoms with Crippen LogP contribution < -0.4 is 11.1 Å². The molecule has 4 heteroatoms. The van der Waals surface area contributed by atoms with Crippen LogP contribution in [0.25, 0.3) is 0 Å². The van der Waals surface area contributed by atoms with Crippen LogP contribution in [0.1, 0.15) is 17.4 Å². The molecule has 0 saturated carbocycles. The third-order valence-electron chi connectivity index (χ3n) is 1.93. The van der Waals surface area contributed by atoms with Gasteiger partial charge in [0.25, 0.3) is 0 Å². The first-order valence-corrected chi connectivity index (χ1v) is 5.68. The van der Waals surface area contributed by atoms with Crippen LogP contribution in [0.2, 0.25) is 0 Å². The lowest BCUT2D eigenvalue weighted by molar-refractivity contribution is 0.943. The number of rotatable bonds is 4. The molecule has 0 spiro atoms. The summed E-state index contributed by atoms with van der Waals surface area (Å²) in [6.07, 6.45) is 0. The monoisotopic (exact) mass is 223 g/mol. The van der Waals surface area contributed by atoms with Gasteiger partial charge in [-0.25, -0.2) is 4.99 Å². The molecule has 0 aliphatic carbocycles. The maximum Gasteiger partial charge on any atom is 0.189 e. The summed E-state index contributed by atoms with van der Waals surface area (Å²) in [6.45, 7) is 9.14. The van der Waals surface area contributed by atoms with E-state index in [0.29, 0.717) is 19.0 Å². The SMILES string of the molecule is C=C(C)CNC(N)=NCc1sccc1C. The van der Waals surface area contributed by atoms with E-state index in [2.05, 4.69) is 35.3 Å². The largest absolute Gasteiger partial charge is 0.370 e. The highest BCUT2D eigenvalue weighted by Gasteiger charge is 1.98. The molecule has 0 fully saturated rings. The Balaban J connectivity index is 2.44. The van der Waals surface area contributed by atoms with Gasteiger partial charge >= 0.3 is 0 Å². The zero-order valence-corrected chi connectivity index (χ0v) is 10.0. The maximum atomic E-state index is 5.69. The lowest BCUT2D eigenvalue weighted by atomic mass is 10.3. The minimum Gasteiger partial charge on any atom is -0.370 e. The number of nitrogens with two attached hydrogens (primary N) is 1. The third kappa shape index (κ3) is 4.16. The highest BCUT2D eigenvalue weighted by atomic mass is 32.1. The van der Waals surface area contributed by atoms with Gasteiger partial charge in [0.1, 0.15) is 0 Å². The van der Waals surface area contributed by atoms with Crippen LogP contribution in [0.3, 0.4) is 0 Å². The summed E-state index contributed by atoms with van der Waals surface area (Å²) in [7, 11) is 0. The van der Waals surface area contributed by atoms with Crippen molar-refractivity contribution in [3.8, 4) is 0 Å². The molecule has 82 valence electrons. The predicted octanol–water partition coefficient (Wildman–Crippen LogP) is 2.04. The van der Waals surface area contributed by atoms with Crippen molar-refractivity contribution in [1.82, 2.24) is 5.32 Å². The lowest BCUT2D eigenvalue weighted by Crippen LogP contribution is -2.32. The Morgan fingerprint density at radius 2 is 2.40 bits per heavy atom. The molecule has 3 nitrogen and oxygen atoms in total. The fourth-order valence-corrected chi connectivity index (χ4v) is 1.85. The summed E-state index contributed by atoms with van der Waals surface area (Å²) in [5, 5.41) is 5.06. The number of nitrogens with zero attached hydrogens (tertiary/aromatic N) is 1. The van der Waals surface area contributed by atoms with Gasteiger partial charge in [0.05, 0.1) is 6.54 Å². The van der Waals surface area contributed by atoms with Crippen molar-refractivity contribution >= 4 is 17.3 Å². The van der Waals surface area contributed by atoms with E-state index in [4.69, 9.17) is 5.73 Å². The number of guanidine groups is 1. The number of hydrogen-bond acceptors (Lipinski definition) is 2. The van der Waals surface area contributed by atoms with Crippen molar-refractivity contribution in [2.45, 2.75) is 20.4 Å². The van der Waals surface area contributed by atoms with Gasteiger partial charge in [-0.05, 0) is 30.9 Å². The van der Waals surface area contributed by atoms with E-state index in [1.807, 2.05) is 6.92 Å². The van der Waals surface area contributed by atoms with E-state index < -0.39 is 0 Å². The van der Waals surface area contributed by atoms with Crippen molar-refractivity contribution in [1.29, 1.82) is 0 Å². The standard InChI is InChI=1S/C11H17N3S/c1-8(2)6-13-11(12)14-7-10-9(3)4-5-15-10/h4-5H,1,6-7H2,2-3H3,(H3,12,13,14). The van der Waals surface area contributed by atoms with Crippen molar-refractivity contribution in [3.63, 3.8) is 0 Å². The molecule has 1 rings (SSSR count). The smallest absolute Gasteiger partial charge is 0.189 e. The number of thiophene rings is 1. The van der Waals surface area contributed by atoms with Gasteiger partial charge in [0.2, 0.25) is 0 Å². The molecule has 1 aromatic rings. The van der Waals surface area contributed by atoms with Crippen molar-refractivity contribution in [2.24, 2.45) is 10.7 Å². The van der Waals surface area contributed by atoms with Crippen LogP contribution in [0.4, 0.5) is 0 Å². The molecule has 0 bridgehead atoms. The summed E-state index contributed by atoms with van der Waals surface area (Å²) in [4.78, 5) is 5.51. The molecular formula is C11H17N3S. The van der Waals surface area contributed by atoms with Crippen LogP contribution in [-0.2, 0) is 6.54 Å². The van der Waals surface area contributed by atoms with Gasteiger partial charge < -0.3 is 11.1 Å². The van der Waals surface area contributed by atoms with E-state index in [0.717, 1.165) is 5.57 Å². The minimum atomic E-state index is 0.478. The summed E-state index contributed by atoms with van der Waals surface area (Å²) in [5.41, 5.74) is 8.01. The van der Waals surface area contributed by atoms with Crippen LogP contribution in [0, 0.1) is 6.92 Å². The molecule has 15 heavy (non-hydrogen) atoms. The molecule has 1 heterocycles. The fraction of sp³-hybridized carbons (Fsp3) is 0.364. The Bertz CT molecular complexity index is 366. The molecule has 0 atom stereocenters. The van der Waals surface area contributed by atoms with E-state index >= 15 is 0 Å². The van der Waals surface area contributed by atoms with Gasteiger partial charge in [-0.1, -0.05) is 12.2 Å². The topological polar surface area (TPSA) is 50.4 Å². The lowest BCUT2D eigenvalue weighted by Gasteiger charge is -2.04. The predicted molar refractivity (Wildman–Crippen MR) is 67.2 cm³/mol. The van der Waals surface area contributed by atoms with Gasteiger partial charge in [0.15, 0.2) is 5.96 Å². The molecule has 0 unspecified atom stereocenters. The summed E-state index contributed by atoms with van der Waals surface area (Å²) < 4.78 is 0. The molecular weight excluding hydrogens is 206 g/mol. The average molecular weight is 223 g/mol. The number of nitrogens with one attached hydrogen (secondary N) is 1. The van der Waals surface area contributed by atoms with Gasteiger partial charge in [0, 0.05) is 11.4 Å². The van der Waals surface area contributed by atoms with Crippen molar-refractivity contribution in [3.05, 3.63) is 34.0 Å². The third-order valence-corrected chi connectivity index (χ3v) is 2.94. The molecule has 0 aromatic carbocycles. The van der Waals surface area contributed by atoms with Crippen LogP contribution in [0.15, 0.2) is 28.6 Å². The quantitative estimate of drug-likeness (QED) is 0.466. The Kier molecular flexibility index (Phi) is 4.37.